The lowest BCUT2D eigenvalue weighted by Gasteiger charge is -2.25. The Balaban J connectivity index is 1.62. The number of pyridine rings is 1. The second-order valence-electron chi connectivity index (χ2n) is 10.9. The molecule has 1 aromatic heterocycles. The monoisotopic (exact) mass is 427 g/mol. The molecule has 4 aromatic carbocycles. The maximum absolute atomic E-state index is 4.99. The Morgan fingerprint density at radius 1 is 0.667 bits per heavy atom. The number of fused-ring (bicyclic) bond motifs is 5. The van der Waals surface area contributed by atoms with Crippen LogP contribution in [0.5, 0.6) is 0 Å². The van der Waals surface area contributed by atoms with Crippen molar-refractivity contribution in [3.63, 3.8) is 0 Å². The number of hydrogen-bond acceptors (Lipinski definition) is 1. The van der Waals surface area contributed by atoms with E-state index in [1.807, 2.05) is 6.20 Å². The Morgan fingerprint density at radius 2 is 1.39 bits per heavy atom. The molecule has 0 amide bonds. The lowest BCUT2D eigenvalue weighted by Crippen LogP contribution is -2.17. The Bertz CT molecular complexity index is 1560. The first-order chi connectivity index (χ1) is 15.7. The van der Waals surface area contributed by atoms with Crippen LogP contribution in [0.15, 0.2) is 85.1 Å². The van der Waals surface area contributed by atoms with Crippen LogP contribution in [0.4, 0.5) is 0 Å². The molecule has 0 unspecified atom stereocenters. The van der Waals surface area contributed by atoms with E-state index >= 15 is 0 Å². The van der Waals surface area contributed by atoms with E-state index in [1.165, 1.54) is 54.9 Å². The molecule has 1 aliphatic carbocycles. The summed E-state index contributed by atoms with van der Waals surface area (Å²) in [5, 5.41) is 5.13. The lowest BCUT2D eigenvalue weighted by molar-refractivity contribution is 0.591. The summed E-state index contributed by atoms with van der Waals surface area (Å²) in [7, 11) is 0. The van der Waals surface area contributed by atoms with Crippen molar-refractivity contribution in [2.75, 3.05) is 0 Å². The van der Waals surface area contributed by atoms with Gasteiger partial charge < -0.3 is 0 Å². The molecule has 0 saturated heterocycles. The quantitative estimate of drug-likeness (QED) is 0.261. The van der Waals surface area contributed by atoms with E-state index in [0.29, 0.717) is 0 Å². The third kappa shape index (κ3) is 2.95. The van der Waals surface area contributed by atoms with Crippen molar-refractivity contribution in [3.8, 4) is 22.4 Å². The highest BCUT2D eigenvalue weighted by molar-refractivity contribution is 6.00. The van der Waals surface area contributed by atoms with Gasteiger partial charge in [0.15, 0.2) is 0 Å². The van der Waals surface area contributed by atoms with Gasteiger partial charge in [-0.15, -0.1) is 0 Å². The summed E-state index contributed by atoms with van der Waals surface area (Å²) in [5.41, 5.74) is 9.07. The molecule has 1 heterocycles. The van der Waals surface area contributed by atoms with E-state index in [0.717, 1.165) is 5.69 Å². The molecular weight excluding hydrogens is 398 g/mol. The zero-order valence-corrected chi connectivity index (χ0v) is 20.0. The minimum atomic E-state index is -0.119. The van der Waals surface area contributed by atoms with Crippen molar-refractivity contribution in [2.24, 2.45) is 0 Å². The van der Waals surface area contributed by atoms with Gasteiger partial charge in [0.25, 0.3) is 0 Å². The van der Waals surface area contributed by atoms with Gasteiger partial charge >= 0.3 is 0 Å². The topological polar surface area (TPSA) is 12.9 Å². The van der Waals surface area contributed by atoms with E-state index in [2.05, 4.69) is 113 Å². The van der Waals surface area contributed by atoms with Crippen molar-refractivity contribution in [1.82, 2.24) is 4.98 Å². The molecule has 0 aliphatic heterocycles. The lowest BCUT2D eigenvalue weighted by atomic mass is 9.79. The zero-order chi connectivity index (χ0) is 23.0. The molecule has 1 heteroatoms. The summed E-state index contributed by atoms with van der Waals surface area (Å²) < 4.78 is 0. The first kappa shape index (κ1) is 20.2. The normalized spacial score (nSPS) is 14.5. The third-order valence-corrected chi connectivity index (χ3v) is 7.43. The largest absolute Gasteiger partial charge is 0.256 e. The molecule has 0 fully saturated rings. The maximum Gasteiger partial charge on any atom is 0.0755 e. The summed E-state index contributed by atoms with van der Waals surface area (Å²) in [6.45, 7) is 11.5. The van der Waals surface area contributed by atoms with Crippen molar-refractivity contribution in [3.05, 3.63) is 102 Å². The molecule has 1 aliphatic rings. The van der Waals surface area contributed by atoms with Crippen LogP contribution in [0.25, 0.3) is 43.9 Å². The fourth-order valence-electron chi connectivity index (χ4n) is 5.59. The van der Waals surface area contributed by atoms with Crippen LogP contribution in [0.2, 0.25) is 0 Å². The molecule has 0 saturated carbocycles. The molecule has 0 N–H and O–H groups in total. The number of hydrogen-bond donors (Lipinski definition) is 0. The highest BCUT2D eigenvalue weighted by Gasteiger charge is 2.38. The van der Waals surface area contributed by atoms with Crippen LogP contribution >= 0.6 is 0 Å². The van der Waals surface area contributed by atoms with Crippen molar-refractivity contribution in [2.45, 2.75) is 45.4 Å². The Labute approximate surface area is 196 Å². The van der Waals surface area contributed by atoms with Gasteiger partial charge in [0.1, 0.15) is 0 Å². The molecule has 162 valence electrons. The summed E-state index contributed by atoms with van der Waals surface area (Å²) in [5.74, 6) is 0. The van der Waals surface area contributed by atoms with E-state index < -0.39 is 0 Å². The Hall–Kier alpha value is -3.45. The van der Waals surface area contributed by atoms with Gasteiger partial charge in [-0.3, -0.25) is 4.98 Å². The van der Waals surface area contributed by atoms with Crippen LogP contribution in [0, 0.1) is 0 Å². The van der Waals surface area contributed by atoms with Gasteiger partial charge in [-0.1, -0.05) is 95.3 Å². The molecule has 1 nitrogen and oxygen atoms in total. The van der Waals surface area contributed by atoms with Crippen molar-refractivity contribution in [1.29, 1.82) is 0 Å². The van der Waals surface area contributed by atoms with Crippen molar-refractivity contribution >= 4 is 21.5 Å². The second-order valence-corrected chi connectivity index (χ2v) is 10.9. The fourth-order valence-corrected chi connectivity index (χ4v) is 5.59. The average molecular weight is 428 g/mol. The standard InChI is InChI=1S/C32H29N/c1-31(2,3)23-13-14-24-22(17-23)11-8-12-26(24)30-29-25(15-16-33-30)27-18-20-9-6-7-10-21(20)19-28(27)32(29,4)5/h6-19H,1-5H3. The average Bonchev–Trinajstić information content (AvgIpc) is 3.03. The summed E-state index contributed by atoms with van der Waals surface area (Å²) >= 11 is 0. The summed E-state index contributed by atoms with van der Waals surface area (Å²) in [6, 6.07) is 29.2. The Morgan fingerprint density at radius 3 is 2.15 bits per heavy atom. The highest BCUT2D eigenvalue weighted by atomic mass is 14.7. The molecule has 6 rings (SSSR count). The molecule has 0 bridgehead atoms. The maximum atomic E-state index is 4.99. The predicted molar refractivity (Wildman–Crippen MR) is 141 cm³/mol. The van der Waals surface area contributed by atoms with E-state index in [4.69, 9.17) is 4.98 Å². The van der Waals surface area contributed by atoms with Crippen LogP contribution in [-0.4, -0.2) is 4.98 Å². The summed E-state index contributed by atoms with van der Waals surface area (Å²) in [6.07, 6.45) is 1.98. The predicted octanol–water partition coefficient (Wildman–Crippen LogP) is 8.66. The molecular formula is C32H29N. The number of aromatic nitrogens is 1. The summed E-state index contributed by atoms with van der Waals surface area (Å²) in [4.78, 5) is 4.99. The fraction of sp³-hybridized carbons (Fsp3) is 0.219. The number of nitrogens with zero attached hydrogens (tertiary/aromatic N) is 1. The highest BCUT2D eigenvalue weighted by Crippen LogP contribution is 2.53. The van der Waals surface area contributed by atoms with Crippen LogP contribution in [0.1, 0.15) is 51.3 Å². The first-order valence-corrected chi connectivity index (χ1v) is 11.8. The smallest absolute Gasteiger partial charge is 0.0755 e. The molecule has 0 radical (unpaired) electrons. The van der Waals surface area contributed by atoms with Gasteiger partial charge in [0, 0.05) is 17.2 Å². The number of rotatable bonds is 1. The Kier molecular flexibility index (Phi) is 4.14. The van der Waals surface area contributed by atoms with Crippen LogP contribution in [-0.2, 0) is 10.8 Å². The van der Waals surface area contributed by atoms with Crippen LogP contribution < -0.4 is 0 Å². The van der Waals surface area contributed by atoms with Gasteiger partial charge in [0.05, 0.1) is 5.69 Å². The van der Waals surface area contributed by atoms with Gasteiger partial charge in [0.2, 0.25) is 0 Å². The van der Waals surface area contributed by atoms with Gasteiger partial charge in [-0.05, 0) is 73.0 Å². The molecule has 0 atom stereocenters. The van der Waals surface area contributed by atoms with Gasteiger partial charge in [-0.2, -0.15) is 0 Å². The van der Waals surface area contributed by atoms with Crippen LogP contribution in [0.3, 0.4) is 0 Å². The minimum absolute atomic E-state index is 0.119. The molecule has 5 aromatic rings. The van der Waals surface area contributed by atoms with Crippen molar-refractivity contribution < 1.29 is 0 Å². The number of benzene rings is 4. The SMILES string of the molecule is CC(C)(C)c1ccc2c(-c3nccc4c3C(C)(C)c3cc5ccccc5cc3-4)cccc2c1. The molecule has 0 spiro atoms. The van der Waals surface area contributed by atoms with E-state index in [1.54, 1.807) is 0 Å². The molecule has 33 heavy (non-hydrogen) atoms. The zero-order valence-electron chi connectivity index (χ0n) is 20.0. The van der Waals surface area contributed by atoms with E-state index in [-0.39, 0.29) is 10.8 Å². The van der Waals surface area contributed by atoms with Gasteiger partial charge in [-0.25, -0.2) is 0 Å². The first-order valence-electron chi connectivity index (χ1n) is 11.8. The minimum Gasteiger partial charge on any atom is -0.256 e. The third-order valence-electron chi connectivity index (χ3n) is 7.43. The second kappa shape index (κ2) is 6.78. The van der Waals surface area contributed by atoms with E-state index in [9.17, 15) is 0 Å².